The molecule has 0 saturated heterocycles. The third kappa shape index (κ3) is 2.97. The van der Waals surface area contributed by atoms with Crippen molar-refractivity contribution in [2.45, 2.75) is 0 Å². The van der Waals surface area contributed by atoms with E-state index in [9.17, 15) is 4.79 Å². The Balaban J connectivity index is 1.73. The minimum atomic E-state index is -0.283. The second-order valence-electron chi connectivity index (χ2n) is 5.67. The maximum atomic E-state index is 12.1. The number of rotatable bonds is 3. The van der Waals surface area contributed by atoms with Crippen LogP contribution in [0.1, 0.15) is 15.9 Å². The number of amides is 1. The zero-order valence-corrected chi connectivity index (χ0v) is 13.4. The van der Waals surface area contributed by atoms with Gasteiger partial charge < -0.3 is 0 Å². The summed E-state index contributed by atoms with van der Waals surface area (Å²) in [6.45, 7) is 0. The Labute approximate surface area is 144 Å². The Kier molecular flexibility index (Phi) is 3.92. The van der Waals surface area contributed by atoms with Gasteiger partial charge in [0.25, 0.3) is 5.91 Å². The molecular formula is C21H15N3O. The van der Waals surface area contributed by atoms with Crippen LogP contribution < -0.4 is 5.43 Å². The number of hydrogen-bond donors (Lipinski definition) is 1. The molecule has 0 atom stereocenters. The lowest BCUT2D eigenvalue weighted by Crippen LogP contribution is -2.17. The fourth-order valence-corrected chi connectivity index (χ4v) is 2.91. The first kappa shape index (κ1) is 15.0. The lowest BCUT2D eigenvalue weighted by molar-refractivity contribution is 0.0955. The highest BCUT2D eigenvalue weighted by Gasteiger charge is 2.06. The van der Waals surface area contributed by atoms with Gasteiger partial charge in [0.1, 0.15) is 0 Å². The Bertz CT molecular complexity index is 1030. The van der Waals surface area contributed by atoms with E-state index in [4.69, 9.17) is 0 Å². The van der Waals surface area contributed by atoms with E-state index < -0.39 is 0 Å². The zero-order chi connectivity index (χ0) is 17.1. The molecule has 1 N–H and O–H groups in total. The molecule has 0 spiro atoms. The molecule has 120 valence electrons. The number of aromatic nitrogens is 1. The van der Waals surface area contributed by atoms with Crippen LogP contribution in [0.4, 0.5) is 0 Å². The Morgan fingerprint density at radius 3 is 2.24 bits per heavy atom. The van der Waals surface area contributed by atoms with Crippen LogP contribution in [0, 0.1) is 0 Å². The number of fused-ring (bicyclic) bond motifs is 2. The Morgan fingerprint density at radius 2 is 1.60 bits per heavy atom. The number of hydrogen-bond acceptors (Lipinski definition) is 3. The first-order chi connectivity index (χ1) is 12.3. The second kappa shape index (κ2) is 6.53. The third-order valence-electron chi connectivity index (χ3n) is 4.10. The molecule has 4 heteroatoms. The predicted octanol–water partition coefficient (Wildman–Crippen LogP) is 4.15. The van der Waals surface area contributed by atoms with Crippen molar-refractivity contribution < 1.29 is 4.79 Å². The van der Waals surface area contributed by atoms with Crippen LogP contribution in [0.5, 0.6) is 0 Å². The molecule has 4 aromatic rings. The van der Waals surface area contributed by atoms with Gasteiger partial charge >= 0.3 is 0 Å². The summed E-state index contributed by atoms with van der Waals surface area (Å²) in [6.07, 6.45) is 4.85. The minimum absolute atomic E-state index is 0.283. The van der Waals surface area contributed by atoms with E-state index in [1.54, 1.807) is 24.5 Å². The molecule has 1 amide bonds. The monoisotopic (exact) mass is 325 g/mol. The molecule has 1 aromatic heterocycles. The van der Waals surface area contributed by atoms with Crippen molar-refractivity contribution in [3.05, 3.63) is 90.3 Å². The number of pyridine rings is 1. The molecule has 4 nitrogen and oxygen atoms in total. The standard InChI is InChI=1S/C21H15N3O/c25-21(17-8-5-11-22-13-17)24-23-14-20-18-9-3-1-6-15(18)12-16-7-2-4-10-19(16)20/h1-14H,(H,24,25)/b23-14-. The second-order valence-corrected chi connectivity index (χ2v) is 5.67. The number of nitrogens with one attached hydrogen (secondary N) is 1. The van der Waals surface area contributed by atoms with Crippen LogP contribution in [-0.4, -0.2) is 17.1 Å². The van der Waals surface area contributed by atoms with Crippen LogP contribution in [0.3, 0.4) is 0 Å². The van der Waals surface area contributed by atoms with Crippen molar-refractivity contribution in [2.24, 2.45) is 5.10 Å². The summed E-state index contributed by atoms with van der Waals surface area (Å²) in [5.41, 5.74) is 4.03. The summed E-state index contributed by atoms with van der Waals surface area (Å²) < 4.78 is 0. The number of nitrogens with zero attached hydrogens (tertiary/aromatic N) is 2. The van der Waals surface area contributed by atoms with Gasteiger partial charge in [0.05, 0.1) is 11.8 Å². The molecule has 0 unspecified atom stereocenters. The number of benzene rings is 3. The highest BCUT2D eigenvalue weighted by molar-refractivity contribution is 6.13. The highest BCUT2D eigenvalue weighted by Crippen LogP contribution is 2.27. The topological polar surface area (TPSA) is 54.4 Å². The van der Waals surface area contributed by atoms with Crippen molar-refractivity contribution in [2.75, 3.05) is 0 Å². The quantitative estimate of drug-likeness (QED) is 0.349. The van der Waals surface area contributed by atoms with Crippen LogP contribution in [0.15, 0.2) is 84.2 Å². The summed E-state index contributed by atoms with van der Waals surface area (Å²) in [4.78, 5) is 16.0. The zero-order valence-electron chi connectivity index (χ0n) is 13.4. The van der Waals surface area contributed by atoms with Gasteiger partial charge in [-0.25, -0.2) is 5.43 Å². The summed E-state index contributed by atoms with van der Waals surface area (Å²) in [7, 11) is 0. The largest absolute Gasteiger partial charge is 0.272 e. The molecule has 4 rings (SSSR count). The van der Waals surface area contributed by atoms with Crippen molar-refractivity contribution in [1.82, 2.24) is 10.4 Å². The van der Waals surface area contributed by atoms with Crippen molar-refractivity contribution in [1.29, 1.82) is 0 Å². The van der Waals surface area contributed by atoms with Gasteiger partial charge in [-0.2, -0.15) is 5.10 Å². The molecule has 0 saturated carbocycles. The molecule has 0 radical (unpaired) electrons. The average molecular weight is 325 g/mol. The molecule has 0 aliphatic carbocycles. The van der Waals surface area contributed by atoms with E-state index in [2.05, 4.69) is 45.8 Å². The van der Waals surface area contributed by atoms with E-state index in [0.29, 0.717) is 5.56 Å². The van der Waals surface area contributed by atoms with E-state index in [0.717, 1.165) is 27.1 Å². The van der Waals surface area contributed by atoms with Crippen molar-refractivity contribution in [3.8, 4) is 0 Å². The number of hydrazone groups is 1. The summed E-state index contributed by atoms with van der Waals surface area (Å²) in [6, 6.07) is 21.9. The fourth-order valence-electron chi connectivity index (χ4n) is 2.91. The fraction of sp³-hybridized carbons (Fsp3) is 0. The van der Waals surface area contributed by atoms with E-state index in [1.165, 1.54) is 6.20 Å². The van der Waals surface area contributed by atoms with Gasteiger partial charge in [0.2, 0.25) is 0 Å². The highest BCUT2D eigenvalue weighted by atomic mass is 16.2. The minimum Gasteiger partial charge on any atom is -0.267 e. The molecule has 25 heavy (non-hydrogen) atoms. The smallest absolute Gasteiger partial charge is 0.267 e. The van der Waals surface area contributed by atoms with Gasteiger partial charge in [-0.15, -0.1) is 0 Å². The molecule has 1 heterocycles. The van der Waals surface area contributed by atoms with Gasteiger partial charge in [0.15, 0.2) is 0 Å². The van der Waals surface area contributed by atoms with E-state index in [1.807, 2.05) is 24.3 Å². The van der Waals surface area contributed by atoms with Crippen molar-refractivity contribution in [3.63, 3.8) is 0 Å². The lowest BCUT2D eigenvalue weighted by Gasteiger charge is -2.08. The molecule has 0 aliphatic heterocycles. The molecule has 0 fully saturated rings. The Morgan fingerprint density at radius 1 is 0.920 bits per heavy atom. The van der Waals surface area contributed by atoms with Crippen molar-refractivity contribution >= 4 is 33.7 Å². The third-order valence-corrected chi connectivity index (χ3v) is 4.10. The lowest BCUT2D eigenvalue weighted by atomic mass is 9.97. The average Bonchev–Trinajstić information content (AvgIpc) is 2.68. The Hall–Kier alpha value is -3.53. The molecule has 0 aliphatic rings. The predicted molar refractivity (Wildman–Crippen MR) is 101 cm³/mol. The van der Waals surface area contributed by atoms with E-state index in [-0.39, 0.29) is 5.91 Å². The van der Waals surface area contributed by atoms with Crippen LogP contribution in [0.25, 0.3) is 21.5 Å². The molecule has 3 aromatic carbocycles. The van der Waals surface area contributed by atoms with Crippen LogP contribution in [-0.2, 0) is 0 Å². The van der Waals surface area contributed by atoms with Gasteiger partial charge in [-0.05, 0) is 39.7 Å². The van der Waals surface area contributed by atoms with Crippen LogP contribution in [0.2, 0.25) is 0 Å². The first-order valence-corrected chi connectivity index (χ1v) is 7.97. The maximum Gasteiger partial charge on any atom is 0.272 e. The SMILES string of the molecule is O=C(N/N=C\c1c2ccccc2cc2ccccc12)c1cccnc1. The number of carbonyl (C=O) groups is 1. The van der Waals surface area contributed by atoms with Gasteiger partial charge in [-0.3, -0.25) is 9.78 Å². The normalized spacial score (nSPS) is 11.2. The summed E-state index contributed by atoms with van der Waals surface area (Å²) in [5.74, 6) is -0.283. The van der Waals surface area contributed by atoms with Gasteiger partial charge in [-0.1, -0.05) is 48.5 Å². The van der Waals surface area contributed by atoms with E-state index >= 15 is 0 Å². The summed E-state index contributed by atoms with van der Waals surface area (Å²) in [5, 5.41) is 8.64. The molecule has 0 bridgehead atoms. The first-order valence-electron chi connectivity index (χ1n) is 7.97. The summed E-state index contributed by atoms with van der Waals surface area (Å²) >= 11 is 0. The van der Waals surface area contributed by atoms with Crippen LogP contribution >= 0.6 is 0 Å². The maximum absolute atomic E-state index is 12.1. The molecular weight excluding hydrogens is 310 g/mol. The number of carbonyl (C=O) groups excluding carboxylic acids is 1. The van der Waals surface area contributed by atoms with Gasteiger partial charge in [0, 0.05) is 18.0 Å².